The van der Waals surface area contributed by atoms with Gasteiger partial charge in [-0.2, -0.15) is 10.2 Å². The molecule has 2 aromatic carbocycles. The smallest absolute Gasteiger partial charge is 0.277 e. The normalized spacial score (nSPS) is 13.7. The number of benzene rings is 2. The average molecular weight is 438 g/mol. The van der Waals surface area contributed by atoms with E-state index in [1.807, 2.05) is 41.9 Å². The summed E-state index contributed by atoms with van der Waals surface area (Å²) < 4.78 is 7.40. The second kappa shape index (κ2) is 9.66. The Balaban J connectivity index is 1.50. The Labute approximate surface area is 186 Å². The molecule has 1 aromatic heterocycles. The standard InChI is InChI=1S/C23H24ClN5O2/c1-17-19(15-25-26-22(30)16-31-21-12-6-5-11-20(21)24)23(28-13-7-8-14-28)29(27-17)18-9-3-2-4-10-18/h2-6,9-12,15H,7-8,13-14,16H2,1H3,(H,26,30)/b25-15+. The SMILES string of the molecule is Cc1nn(-c2ccccc2)c(N2CCCC2)c1/C=N/NC(=O)COc1ccccc1Cl. The summed E-state index contributed by atoms with van der Waals surface area (Å²) in [6.07, 6.45) is 3.94. The molecule has 0 atom stereocenters. The zero-order valence-corrected chi connectivity index (χ0v) is 18.0. The van der Waals surface area contributed by atoms with Gasteiger partial charge in [-0.1, -0.05) is 41.9 Å². The number of ether oxygens (including phenoxy) is 1. The van der Waals surface area contributed by atoms with E-state index in [0.717, 1.165) is 48.7 Å². The average Bonchev–Trinajstić information content (AvgIpc) is 3.42. The zero-order chi connectivity index (χ0) is 21.6. The molecule has 0 unspecified atom stereocenters. The van der Waals surface area contributed by atoms with Crippen molar-refractivity contribution in [3.8, 4) is 11.4 Å². The Bertz CT molecular complexity index is 1070. The second-order valence-electron chi connectivity index (χ2n) is 7.28. The van der Waals surface area contributed by atoms with E-state index >= 15 is 0 Å². The van der Waals surface area contributed by atoms with Crippen molar-refractivity contribution in [2.45, 2.75) is 19.8 Å². The maximum absolute atomic E-state index is 12.1. The second-order valence-corrected chi connectivity index (χ2v) is 7.68. The number of halogens is 1. The highest BCUT2D eigenvalue weighted by Gasteiger charge is 2.23. The number of rotatable bonds is 7. The van der Waals surface area contributed by atoms with Gasteiger partial charge in [0, 0.05) is 13.1 Å². The molecule has 0 radical (unpaired) electrons. The number of nitrogens with one attached hydrogen (secondary N) is 1. The van der Waals surface area contributed by atoms with Crippen molar-refractivity contribution >= 4 is 29.5 Å². The van der Waals surface area contributed by atoms with E-state index in [9.17, 15) is 4.79 Å². The van der Waals surface area contributed by atoms with E-state index < -0.39 is 0 Å². The first-order valence-electron chi connectivity index (χ1n) is 10.2. The molecule has 0 aliphatic carbocycles. The number of carbonyl (C=O) groups excluding carboxylic acids is 1. The zero-order valence-electron chi connectivity index (χ0n) is 17.3. The number of para-hydroxylation sites is 2. The Morgan fingerprint density at radius 3 is 2.61 bits per heavy atom. The van der Waals surface area contributed by atoms with Gasteiger partial charge in [0.2, 0.25) is 0 Å². The van der Waals surface area contributed by atoms with Gasteiger partial charge in [-0.15, -0.1) is 0 Å². The van der Waals surface area contributed by atoms with Gasteiger partial charge in [0.15, 0.2) is 6.61 Å². The summed E-state index contributed by atoms with van der Waals surface area (Å²) in [7, 11) is 0. The molecule has 1 aliphatic rings. The molecule has 160 valence electrons. The molecular weight excluding hydrogens is 414 g/mol. The van der Waals surface area contributed by atoms with Crippen LogP contribution in [0.2, 0.25) is 5.02 Å². The molecule has 7 nitrogen and oxygen atoms in total. The summed E-state index contributed by atoms with van der Waals surface area (Å²) in [5.41, 5.74) is 5.24. The summed E-state index contributed by atoms with van der Waals surface area (Å²) in [6.45, 7) is 3.71. The molecule has 1 N–H and O–H groups in total. The van der Waals surface area contributed by atoms with Gasteiger partial charge in [0.05, 0.1) is 28.2 Å². The number of hydrogen-bond donors (Lipinski definition) is 1. The molecule has 0 spiro atoms. The van der Waals surface area contributed by atoms with Crippen LogP contribution in [0.1, 0.15) is 24.1 Å². The van der Waals surface area contributed by atoms with E-state index in [4.69, 9.17) is 21.4 Å². The lowest BCUT2D eigenvalue weighted by Gasteiger charge is -2.20. The summed E-state index contributed by atoms with van der Waals surface area (Å²) >= 11 is 6.04. The van der Waals surface area contributed by atoms with Crippen LogP contribution in [0.25, 0.3) is 5.69 Å². The van der Waals surface area contributed by atoms with Gasteiger partial charge in [0.25, 0.3) is 5.91 Å². The van der Waals surface area contributed by atoms with Crippen molar-refractivity contribution in [2.24, 2.45) is 5.10 Å². The highest BCUT2D eigenvalue weighted by molar-refractivity contribution is 6.32. The third-order valence-electron chi connectivity index (χ3n) is 5.07. The van der Waals surface area contributed by atoms with Crippen molar-refractivity contribution in [1.82, 2.24) is 15.2 Å². The fourth-order valence-corrected chi connectivity index (χ4v) is 3.76. The van der Waals surface area contributed by atoms with Crippen LogP contribution in [0.3, 0.4) is 0 Å². The van der Waals surface area contributed by atoms with Gasteiger partial charge in [-0.3, -0.25) is 4.79 Å². The summed E-state index contributed by atoms with van der Waals surface area (Å²) in [4.78, 5) is 14.5. The van der Waals surface area contributed by atoms with Crippen molar-refractivity contribution in [1.29, 1.82) is 0 Å². The number of hydrogen-bond acceptors (Lipinski definition) is 5. The molecule has 0 saturated carbocycles. The monoisotopic (exact) mass is 437 g/mol. The molecule has 1 amide bonds. The first-order valence-corrected chi connectivity index (χ1v) is 10.6. The highest BCUT2D eigenvalue weighted by atomic mass is 35.5. The number of hydrazone groups is 1. The minimum Gasteiger partial charge on any atom is -0.482 e. The molecule has 8 heteroatoms. The lowest BCUT2D eigenvalue weighted by atomic mass is 10.2. The van der Waals surface area contributed by atoms with Crippen molar-refractivity contribution < 1.29 is 9.53 Å². The topological polar surface area (TPSA) is 71.8 Å². The van der Waals surface area contributed by atoms with Gasteiger partial charge < -0.3 is 9.64 Å². The van der Waals surface area contributed by atoms with Crippen LogP contribution in [0.4, 0.5) is 5.82 Å². The highest BCUT2D eigenvalue weighted by Crippen LogP contribution is 2.29. The molecule has 4 rings (SSSR count). The Morgan fingerprint density at radius 1 is 1.16 bits per heavy atom. The van der Waals surface area contributed by atoms with Crippen LogP contribution in [0.5, 0.6) is 5.75 Å². The first-order chi connectivity index (χ1) is 15.1. The third-order valence-corrected chi connectivity index (χ3v) is 5.38. The molecule has 1 aliphatic heterocycles. The van der Waals surface area contributed by atoms with E-state index in [-0.39, 0.29) is 12.5 Å². The van der Waals surface area contributed by atoms with E-state index in [1.165, 1.54) is 0 Å². The molecule has 31 heavy (non-hydrogen) atoms. The van der Waals surface area contributed by atoms with Gasteiger partial charge in [0.1, 0.15) is 11.6 Å². The Kier molecular flexibility index (Phi) is 6.52. The maximum atomic E-state index is 12.1. The summed E-state index contributed by atoms with van der Waals surface area (Å²) in [5.74, 6) is 1.08. The number of amides is 1. The van der Waals surface area contributed by atoms with Crippen LogP contribution in [-0.4, -0.2) is 41.6 Å². The van der Waals surface area contributed by atoms with Crippen LogP contribution < -0.4 is 15.1 Å². The van der Waals surface area contributed by atoms with Crippen LogP contribution in [0, 0.1) is 6.92 Å². The van der Waals surface area contributed by atoms with Crippen LogP contribution >= 0.6 is 11.6 Å². The molecule has 1 fully saturated rings. The van der Waals surface area contributed by atoms with E-state index in [0.29, 0.717) is 10.8 Å². The largest absolute Gasteiger partial charge is 0.482 e. The van der Waals surface area contributed by atoms with Crippen molar-refractivity contribution in [3.63, 3.8) is 0 Å². The minimum atomic E-state index is -0.369. The van der Waals surface area contributed by atoms with Gasteiger partial charge in [-0.05, 0) is 44.0 Å². The number of carbonyl (C=O) groups is 1. The van der Waals surface area contributed by atoms with Crippen molar-refractivity contribution in [2.75, 3.05) is 24.6 Å². The fourth-order valence-electron chi connectivity index (χ4n) is 3.57. The number of anilines is 1. The maximum Gasteiger partial charge on any atom is 0.277 e. The lowest BCUT2D eigenvalue weighted by molar-refractivity contribution is -0.123. The Hall–Kier alpha value is -3.32. The number of nitrogens with zero attached hydrogens (tertiary/aromatic N) is 4. The molecule has 1 saturated heterocycles. The molecule has 0 bridgehead atoms. The lowest BCUT2D eigenvalue weighted by Crippen LogP contribution is -2.25. The van der Waals surface area contributed by atoms with Crippen molar-refractivity contribution in [3.05, 3.63) is 70.9 Å². The minimum absolute atomic E-state index is 0.178. The van der Waals surface area contributed by atoms with E-state index in [2.05, 4.69) is 15.4 Å². The third kappa shape index (κ3) is 4.88. The van der Waals surface area contributed by atoms with Crippen LogP contribution in [-0.2, 0) is 4.79 Å². The fraction of sp³-hybridized carbons (Fsp3) is 0.261. The predicted molar refractivity (Wildman–Crippen MR) is 122 cm³/mol. The molecule has 2 heterocycles. The first kappa shape index (κ1) is 20.9. The Morgan fingerprint density at radius 2 is 1.87 bits per heavy atom. The molecule has 3 aromatic rings. The predicted octanol–water partition coefficient (Wildman–Crippen LogP) is 3.96. The van der Waals surface area contributed by atoms with E-state index in [1.54, 1.807) is 30.5 Å². The van der Waals surface area contributed by atoms with Gasteiger partial charge in [-0.25, -0.2) is 10.1 Å². The molecular formula is C23H24ClN5O2. The summed E-state index contributed by atoms with van der Waals surface area (Å²) in [6, 6.07) is 17.0. The quantitative estimate of drug-likeness (QED) is 0.448. The summed E-state index contributed by atoms with van der Waals surface area (Å²) in [5, 5.41) is 9.36. The van der Waals surface area contributed by atoms with Crippen LogP contribution in [0.15, 0.2) is 59.7 Å². The van der Waals surface area contributed by atoms with Gasteiger partial charge >= 0.3 is 0 Å². The number of aryl methyl sites for hydroxylation is 1. The number of aromatic nitrogens is 2.